The van der Waals surface area contributed by atoms with Crippen molar-refractivity contribution in [1.29, 1.82) is 0 Å². The molecule has 3 aromatic rings. The second-order valence-corrected chi connectivity index (χ2v) is 7.56. The number of nitrogens with zero attached hydrogens (tertiary/aromatic N) is 3. The van der Waals surface area contributed by atoms with Crippen molar-refractivity contribution in [1.82, 2.24) is 15.3 Å². The largest absolute Gasteiger partial charge is 0.497 e. The highest BCUT2D eigenvalue weighted by molar-refractivity contribution is 7.16. The van der Waals surface area contributed by atoms with E-state index in [-0.39, 0.29) is 11.8 Å². The van der Waals surface area contributed by atoms with E-state index < -0.39 is 0 Å². The van der Waals surface area contributed by atoms with Crippen LogP contribution >= 0.6 is 11.3 Å². The van der Waals surface area contributed by atoms with Gasteiger partial charge in [-0.05, 0) is 42.0 Å². The van der Waals surface area contributed by atoms with Gasteiger partial charge in [0.2, 0.25) is 5.91 Å². The summed E-state index contributed by atoms with van der Waals surface area (Å²) in [5.74, 6) is 1.99. The summed E-state index contributed by atoms with van der Waals surface area (Å²) in [5, 5.41) is 6.21. The highest BCUT2D eigenvalue weighted by Crippen LogP contribution is 2.29. The third kappa shape index (κ3) is 3.88. The lowest BCUT2D eigenvalue weighted by Gasteiger charge is -2.32. The van der Waals surface area contributed by atoms with Gasteiger partial charge in [-0.1, -0.05) is 12.1 Å². The van der Waals surface area contributed by atoms with Crippen LogP contribution in [-0.4, -0.2) is 36.1 Å². The Bertz CT molecular complexity index is 917. The van der Waals surface area contributed by atoms with E-state index in [2.05, 4.69) is 26.3 Å². The normalized spacial score (nSPS) is 15.1. The predicted molar refractivity (Wildman–Crippen MR) is 107 cm³/mol. The molecule has 140 valence electrons. The Labute approximate surface area is 162 Å². The molecule has 0 atom stereocenters. The van der Waals surface area contributed by atoms with Gasteiger partial charge in [0.25, 0.3) is 0 Å². The number of carbonyl (C=O) groups excluding carboxylic acids is 1. The molecule has 6 nitrogen and oxygen atoms in total. The van der Waals surface area contributed by atoms with Gasteiger partial charge in [-0.15, -0.1) is 11.3 Å². The standard InChI is InChI=1S/C20H22N4O2S/c1-26-16-4-2-14(3-5-16)12-21-19(25)15-6-9-24(10-7-15)18-17-8-11-27-20(17)23-13-22-18/h2-5,8,11,13,15H,6-7,9-10,12H2,1H3,(H,21,25). The molecule has 0 aliphatic carbocycles. The molecule has 0 unspecified atom stereocenters. The molecule has 0 bridgehead atoms. The Kier molecular flexibility index (Phi) is 5.20. The molecule has 0 spiro atoms. The van der Waals surface area contributed by atoms with E-state index in [4.69, 9.17) is 4.74 Å². The maximum Gasteiger partial charge on any atom is 0.223 e. The van der Waals surface area contributed by atoms with Crippen LogP contribution in [0.4, 0.5) is 5.82 Å². The number of nitrogens with one attached hydrogen (secondary N) is 1. The zero-order valence-electron chi connectivity index (χ0n) is 15.2. The van der Waals surface area contributed by atoms with E-state index in [1.807, 2.05) is 29.6 Å². The van der Waals surface area contributed by atoms with E-state index >= 15 is 0 Å². The number of amides is 1. The number of hydrogen-bond donors (Lipinski definition) is 1. The molecule has 1 saturated heterocycles. The lowest BCUT2D eigenvalue weighted by atomic mass is 9.95. The molecule has 1 aromatic carbocycles. The fourth-order valence-corrected chi connectivity index (χ4v) is 4.19. The number of methoxy groups -OCH3 is 1. The van der Waals surface area contributed by atoms with Crippen molar-refractivity contribution in [3.8, 4) is 5.75 Å². The first-order valence-electron chi connectivity index (χ1n) is 9.08. The van der Waals surface area contributed by atoms with Gasteiger partial charge in [0, 0.05) is 25.6 Å². The molecule has 2 aromatic heterocycles. The average Bonchev–Trinajstić information content (AvgIpc) is 3.21. The Morgan fingerprint density at radius 2 is 2.00 bits per heavy atom. The number of piperidine rings is 1. The number of carbonyl (C=O) groups is 1. The summed E-state index contributed by atoms with van der Waals surface area (Å²) in [4.78, 5) is 24.6. The summed E-state index contributed by atoms with van der Waals surface area (Å²) >= 11 is 1.63. The monoisotopic (exact) mass is 382 g/mol. The number of fused-ring (bicyclic) bond motifs is 1. The van der Waals surface area contributed by atoms with Crippen molar-refractivity contribution in [2.75, 3.05) is 25.1 Å². The molecule has 1 aliphatic heterocycles. The van der Waals surface area contributed by atoms with Gasteiger partial charge >= 0.3 is 0 Å². The molecule has 1 amide bonds. The van der Waals surface area contributed by atoms with E-state index in [0.29, 0.717) is 6.54 Å². The number of hydrogen-bond acceptors (Lipinski definition) is 6. The first kappa shape index (κ1) is 17.7. The van der Waals surface area contributed by atoms with Crippen LogP contribution in [0.2, 0.25) is 0 Å². The summed E-state index contributed by atoms with van der Waals surface area (Å²) in [5.41, 5.74) is 1.07. The summed E-state index contributed by atoms with van der Waals surface area (Å²) in [6, 6.07) is 9.84. The fraction of sp³-hybridized carbons (Fsp3) is 0.350. The topological polar surface area (TPSA) is 67.3 Å². The van der Waals surface area contributed by atoms with Crippen LogP contribution in [0, 0.1) is 5.92 Å². The highest BCUT2D eigenvalue weighted by Gasteiger charge is 2.26. The van der Waals surface area contributed by atoms with Crippen LogP contribution < -0.4 is 15.0 Å². The first-order chi connectivity index (χ1) is 13.2. The lowest BCUT2D eigenvalue weighted by molar-refractivity contribution is -0.125. The molecule has 1 N–H and O–H groups in total. The van der Waals surface area contributed by atoms with Gasteiger partial charge in [-0.3, -0.25) is 4.79 Å². The number of anilines is 1. The van der Waals surface area contributed by atoms with Crippen LogP contribution in [0.25, 0.3) is 10.2 Å². The third-order valence-corrected chi connectivity index (χ3v) is 5.85. The Morgan fingerprint density at radius 1 is 1.22 bits per heavy atom. The van der Waals surface area contributed by atoms with E-state index in [9.17, 15) is 4.79 Å². The maximum atomic E-state index is 12.5. The molecule has 27 heavy (non-hydrogen) atoms. The summed E-state index contributed by atoms with van der Waals surface area (Å²) in [7, 11) is 1.65. The molecular weight excluding hydrogens is 360 g/mol. The SMILES string of the molecule is COc1ccc(CNC(=O)C2CCN(c3ncnc4sccc34)CC2)cc1. The smallest absolute Gasteiger partial charge is 0.223 e. The fourth-order valence-electron chi connectivity index (χ4n) is 3.46. The van der Waals surface area contributed by atoms with E-state index in [0.717, 1.165) is 53.3 Å². The number of aromatic nitrogens is 2. The molecule has 1 aliphatic rings. The second kappa shape index (κ2) is 7.92. The van der Waals surface area contributed by atoms with Crippen LogP contribution in [0.5, 0.6) is 5.75 Å². The van der Waals surface area contributed by atoms with Crippen molar-refractivity contribution in [3.05, 3.63) is 47.6 Å². The predicted octanol–water partition coefficient (Wildman–Crippen LogP) is 3.23. The van der Waals surface area contributed by atoms with Gasteiger partial charge in [0.05, 0.1) is 12.5 Å². The van der Waals surface area contributed by atoms with E-state index in [1.165, 1.54) is 0 Å². The summed E-state index contributed by atoms with van der Waals surface area (Å²) in [6.45, 7) is 2.22. The second-order valence-electron chi connectivity index (χ2n) is 6.66. The number of rotatable bonds is 5. The molecule has 4 rings (SSSR count). The number of ether oxygens (including phenoxy) is 1. The van der Waals surface area contributed by atoms with Gasteiger partial charge in [-0.25, -0.2) is 9.97 Å². The van der Waals surface area contributed by atoms with Crippen LogP contribution in [0.1, 0.15) is 18.4 Å². The Balaban J connectivity index is 1.32. The quantitative estimate of drug-likeness (QED) is 0.734. The Hall–Kier alpha value is -2.67. The third-order valence-electron chi connectivity index (χ3n) is 5.03. The van der Waals surface area contributed by atoms with Crippen molar-refractivity contribution in [2.45, 2.75) is 19.4 Å². The van der Waals surface area contributed by atoms with Crippen molar-refractivity contribution < 1.29 is 9.53 Å². The van der Waals surface area contributed by atoms with Gasteiger partial charge in [0.15, 0.2) is 0 Å². The average molecular weight is 382 g/mol. The zero-order chi connectivity index (χ0) is 18.6. The van der Waals surface area contributed by atoms with Crippen molar-refractivity contribution in [2.24, 2.45) is 5.92 Å². The minimum absolute atomic E-state index is 0.0549. The van der Waals surface area contributed by atoms with Crippen LogP contribution in [-0.2, 0) is 11.3 Å². The maximum absolute atomic E-state index is 12.5. The van der Waals surface area contributed by atoms with Gasteiger partial charge in [0.1, 0.15) is 22.7 Å². The van der Waals surface area contributed by atoms with Crippen molar-refractivity contribution in [3.63, 3.8) is 0 Å². The van der Waals surface area contributed by atoms with Crippen LogP contribution in [0.3, 0.4) is 0 Å². The Morgan fingerprint density at radius 3 is 2.74 bits per heavy atom. The first-order valence-corrected chi connectivity index (χ1v) is 9.96. The molecule has 0 saturated carbocycles. The summed E-state index contributed by atoms with van der Waals surface area (Å²) < 4.78 is 5.16. The molecule has 0 radical (unpaired) electrons. The lowest BCUT2D eigenvalue weighted by Crippen LogP contribution is -2.40. The minimum atomic E-state index is 0.0549. The van der Waals surface area contributed by atoms with Crippen molar-refractivity contribution >= 4 is 33.3 Å². The van der Waals surface area contributed by atoms with Gasteiger partial charge < -0.3 is 15.0 Å². The molecule has 3 heterocycles. The summed E-state index contributed by atoms with van der Waals surface area (Å²) in [6.07, 6.45) is 3.30. The molecular formula is C20H22N4O2S. The minimum Gasteiger partial charge on any atom is -0.497 e. The van der Waals surface area contributed by atoms with E-state index in [1.54, 1.807) is 24.8 Å². The molecule has 1 fully saturated rings. The highest BCUT2D eigenvalue weighted by atomic mass is 32.1. The molecule has 7 heteroatoms. The number of benzene rings is 1. The zero-order valence-corrected chi connectivity index (χ0v) is 16.0. The van der Waals surface area contributed by atoms with Gasteiger partial charge in [-0.2, -0.15) is 0 Å². The van der Waals surface area contributed by atoms with Crippen LogP contribution in [0.15, 0.2) is 42.0 Å². The number of thiophene rings is 1.